The lowest BCUT2D eigenvalue weighted by Crippen LogP contribution is -2.57. The zero-order chi connectivity index (χ0) is 13.9. The minimum absolute atomic E-state index is 0.214. The summed E-state index contributed by atoms with van der Waals surface area (Å²) in [6.45, 7) is 1.01. The number of carboxylic acid groups (broad SMARTS) is 2. The van der Waals surface area contributed by atoms with Crippen LogP contribution in [-0.2, 0) is 19.9 Å². The smallest absolute Gasteiger partial charge is 0.347 e. The van der Waals surface area contributed by atoms with E-state index in [1.165, 1.54) is 6.07 Å². The average Bonchev–Trinajstić information content (AvgIpc) is 2.26. The van der Waals surface area contributed by atoms with Crippen LogP contribution in [0.1, 0.15) is 12.6 Å². The molecule has 0 saturated carbocycles. The Hall–Kier alpha value is -2.15. The molecule has 0 aliphatic heterocycles. The number of amides is 1. The van der Waals surface area contributed by atoms with Gasteiger partial charge < -0.3 is 15.5 Å². The van der Waals surface area contributed by atoms with Gasteiger partial charge in [-0.2, -0.15) is 0 Å². The minimum Gasteiger partial charge on any atom is -0.479 e. The highest BCUT2D eigenvalue weighted by Gasteiger charge is 2.50. The maximum Gasteiger partial charge on any atom is 0.347 e. The Bertz CT molecular complexity index is 485. The molecule has 0 atom stereocenters. The largest absolute Gasteiger partial charge is 0.479 e. The Kier molecular flexibility index (Phi) is 3.87. The molecule has 1 heterocycles. The zero-order valence-electron chi connectivity index (χ0n) is 9.18. The second-order valence-corrected chi connectivity index (χ2v) is 3.84. The Balaban J connectivity index is 3.43. The van der Waals surface area contributed by atoms with E-state index in [4.69, 9.17) is 21.8 Å². The fourth-order valence-electron chi connectivity index (χ4n) is 1.34. The molecule has 0 bridgehead atoms. The van der Waals surface area contributed by atoms with Crippen LogP contribution >= 0.6 is 11.6 Å². The Morgan fingerprint density at radius 1 is 1.28 bits per heavy atom. The van der Waals surface area contributed by atoms with Gasteiger partial charge in [0.25, 0.3) is 5.54 Å². The fourth-order valence-corrected chi connectivity index (χ4v) is 1.46. The highest BCUT2D eigenvalue weighted by atomic mass is 35.5. The molecule has 0 saturated heterocycles. The lowest BCUT2D eigenvalue weighted by molar-refractivity contribution is -0.162. The van der Waals surface area contributed by atoms with Crippen LogP contribution in [0.15, 0.2) is 18.3 Å². The molecule has 7 nitrogen and oxygen atoms in total. The van der Waals surface area contributed by atoms with Crippen LogP contribution in [0.25, 0.3) is 0 Å². The van der Waals surface area contributed by atoms with E-state index >= 15 is 0 Å². The fraction of sp³-hybridized carbons (Fsp3) is 0.200. The van der Waals surface area contributed by atoms with Crippen molar-refractivity contribution in [2.45, 2.75) is 12.5 Å². The molecule has 0 aliphatic rings. The van der Waals surface area contributed by atoms with Gasteiger partial charge in [0.2, 0.25) is 5.91 Å². The molecule has 3 N–H and O–H groups in total. The van der Waals surface area contributed by atoms with Gasteiger partial charge in [-0.1, -0.05) is 11.6 Å². The zero-order valence-corrected chi connectivity index (χ0v) is 9.93. The standard InChI is InChI=1S/C10H9ClN2O5/c1-5(14)13-10(8(15)16,9(17)18)7-3-2-6(11)4-12-7/h2-4H,1H3,(H,13,14)(H,15,16)(H,17,18). The summed E-state index contributed by atoms with van der Waals surface area (Å²) in [5, 5.41) is 20.3. The van der Waals surface area contributed by atoms with Gasteiger partial charge in [0, 0.05) is 13.1 Å². The second-order valence-electron chi connectivity index (χ2n) is 3.40. The van der Waals surface area contributed by atoms with E-state index in [1.807, 2.05) is 5.32 Å². The van der Waals surface area contributed by atoms with Crippen molar-refractivity contribution in [3.63, 3.8) is 0 Å². The van der Waals surface area contributed by atoms with Crippen molar-refractivity contribution >= 4 is 29.4 Å². The van der Waals surface area contributed by atoms with E-state index in [0.717, 1.165) is 19.2 Å². The summed E-state index contributed by atoms with van der Waals surface area (Å²) in [5.74, 6) is -4.31. The van der Waals surface area contributed by atoms with Gasteiger partial charge in [-0.25, -0.2) is 9.59 Å². The van der Waals surface area contributed by atoms with E-state index in [9.17, 15) is 14.4 Å². The molecule has 18 heavy (non-hydrogen) atoms. The lowest BCUT2D eigenvalue weighted by atomic mass is 9.94. The Morgan fingerprint density at radius 2 is 1.83 bits per heavy atom. The quantitative estimate of drug-likeness (QED) is 0.676. The predicted molar refractivity (Wildman–Crippen MR) is 60.0 cm³/mol. The van der Waals surface area contributed by atoms with Crippen molar-refractivity contribution in [2.24, 2.45) is 0 Å². The van der Waals surface area contributed by atoms with Crippen molar-refractivity contribution in [3.05, 3.63) is 29.0 Å². The minimum atomic E-state index is -2.63. The summed E-state index contributed by atoms with van der Waals surface area (Å²) in [7, 11) is 0. The summed E-state index contributed by atoms with van der Waals surface area (Å²) < 4.78 is 0. The van der Waals surface area contributed by atoms with Gasteiger partial charge in [-0.05, 0) is 12.1 Å². The van der Waals surface area contributed by atoms with Gasteiger partial charge in [-0.3, -0.25) is 9.78 Å². The van der Waals surface area contributed by atoms with Crippen LogP contribution in [0, 0.1) is 0 Å². The Morgan fingerprint density at radius 3 is 2.17 bits per heavy atom. The molecular formula is C10H9ClN2O5. The first-order chi connectivity index (χ1) is 8.30. The van der Waals surface area contributed by atoms with Gasteiger partial charge in [0.05, 0.1) is 10.7 Å². The molecular weight excluding hydrogens is 264 g/mol. The van der Waals surface area contributed by atoms with E-state index in [-0.39, 0.29) is 10.7 Å². The topological polar surface area (TPSA) is 117 Å². The van der Waals surface area contributed by atoms with Crippen LogP contribution in [0.2, 0.25) is 5.02 Å². The molecule has 0 aromatic carbocycles. The third kappa shape index (κ3) is 2.40. The molecule has 0 aliphatic carbocycles. The molecule has 1 amide bonds. The number of carbonyl (C=O) groups is 3. The number of hydrogen-bond donors (Lipinski definition) is 3. The van der Waals surface area contributed by atoms with Gasteiger partial charge >= 0.3 is 11.9 Å². The Labute approximate surface area is 106 Å². The number of nitrogens with one attached hydrogen (secondary N) is 1. The maximum atomic E-state index is 11.2. The predicted octanol–water partition coefficient (Wildman–Crippen LogP) is 0.236. The molecule has 1 aromatic heterocycles. The molecule has 0 radical (unpaired) electrons. The van der Waals surface area contributed by atoms with Crippen LogP contribution in [0.5, 0.6) is 0 Å². The van der Waals surface area contributed by atoms with Crippen LogP contribution in [0.3, 0.4) is 0 Å². The average molecular weight is 273 g/mol. The summed E-state index contributed by atoms with van der Waals surface area (Å²) in [5.41, 5.74) is -2.97. The summed E-state index contributed by atoms with van der Waals surface area (Å²) in [4.78, 5) is 37.1. The number of halogens is 1. The number of nitrogens with zero attached hydrogens (tertiary/aromatic N) is 1. The highest BCUT2D eigenvalue weighted by Crippen LogP contribution is 2.21. The highest BCUT2D eigenvalue weighted by molar-refractivity contribution is 6.30. The molecule has 1 rings (SSSR count). The van der Waals surface area contributed by atoms with Crippen molar-refractivity contribution in [3.8, 4) is 0 Å². The van der Waals surface area contributed by atoms with Crippen LogP contribution < -0.4 is 5.32 Å². The lowest BCUT2D eigenvalue weighted by Gasteiger charge is -2.24. The monoisotopic (exact) mass is 272 g/mol. The number of pyridine rings is 1. The first-order valence-corrected chi connectivity index (χ1v) is 5.06. The third-order valence-electron chi connectivity index (χ3n) is 2.12. The van der Waals surface area contributed by atoms with Crippen molar-refractivity contribution in [1.82, 2.24) is 10.3 Å². The first kappa shape index (κ1) is 13.9. The first-order valence-electron chi connectivity index (χ1n) is 4.68. The number of hydrogen-bond acceptors (Lipinski definition) is 4. The summed E-state index contributed by atoms with van der Waals surface area (Å²) >= 11 is 5.58. The number of aliphatic carboxylic acids is 2. The van der Waals surface area contributed by atoms with E-state index in [1.54, 1.807) is 0 Å². The maximum absolute atomic E-state index is 11.2. The van der Waals surface area contributed by atoms with E-state index in [2.05, 4.69) is 4.98 Å². The van der Waals surface area contributed by atoms with Crippen molar-refractivity contribution in [2.75, 3.05) is 0 Å². The number of aromatic nitrogens is 1. The van der Waals surface area contributed by atoms with Gasteiger partial charge in [0.15, 0.2) is 0 Å². The third-order valence-corrected chi connectivity index (χ3v) is 2.34. The van der Waals surface area contributed by atoms with Gasteiger partial charge in [-0.15, -0.1) is 0 Å². The van der Waals surface area contributed by atoms with Crippen LogP contribution in [-0.4, -0.2) is 33.0 Å². The summed E-state index contributed by atoms with van der Waals surface area (Å²) in [6.07, 6.45) is 1.10. The number of carboxylic acids is 2. The van der Waals surface area contributed by atoms with E-state index in [0.29, 0.717) is 0 Å². The normalized spacial score (nSPS) is 10.8. The van der Waals surface area contributed by atoms with Crippen LogP contribution in [0.4, 0.5) is 0 Å². The van der Waals surface area contributed by atoms with Crippen molar-refractivity contribution < 1.29 is 24.6 Å². The molecule has 8 heteroatoms. The molecule has 1 aromatic rings. The number of rotatable bonds is 4. The number of carbonyl (C=O) groups excluding carboxylic acids is 1. The molecule has 96 valence electrons. The molecule has 0 fully saturated rings. The molecule has 0 unspecified atom stereocenters. The molecule has 0 spiro atoms. The second kappa shape index (κ2) is 5.01. The SMILES string of the molecule is CC(=O)NC(C(=O)O)(C(=O)O)c1ccc(Cl)cn1. The van der Waals surface area contributed by atoms with Crippen molar-refractivity contribution in [1.29, 1.82) is 0 Å². The van der Waals surface area contributed by atoms with E-state index < -0.39 is 23.4 Å². The van der Waals surface area contributed by atoms with Gasteiger partial charge in [0.1, 0.15) is 0 Å². The summed E-state index contributed by atoms with van der Waals surface area (Å²) in [6, 6.07) is 2.41.